The number of ether oxygens (including phenoxy) is 1. The predicted molar refractivity (Wildman–Crippen MR) is 118 cm³/mol. The lowest BCUT2D eigenvalue weighted by atomic mass is 9.81. The number of benzene rings is 2. The van der Waals surface area contributed by atoms with E-state index in [0.29, 0.717) is 19.0 Å². The SMILES string of the molecule is O=C1NC(=O)[C@@]2(C[C@@H](C(=O)N3CCC(CCc4ccccc4)CC3)Oc3ccc(F)cc32)N1. The highest BCUT2D eigenvalue weighted by Crippen LogP contribution is 2.42. The fourth-order valence-corrected chi connectivity index (χ4v) is 5.15. The number of amides is 4. The maximum atomic E-state index is 13.9. The molecule has 0 radical (unpaired) electrons. The first-order valence-electron chi connectivity index (χ1n) is 11.4. The van der Waals surface area contributed by atoms with Crippen LogP contribution in [-0.4, -0.2) is 41.9 Å². The lowest BCUT2D eigenvalue weighted by Crippen LogP contribution is -2.55. The summed E-state index contributed by atoms with van der Waals surface area (Å²) in [6.45, 7) is 1.25. The van der Waals surface area contributed by atoms with Crippen LogP contribution in [0.2, 0.25) is 0 Å². The molecular formula is C25H26FN3O4. The van der Waals surface area contributed by atoms with Crippen molar-refractivity contribution in [3.05, 3.63) is 65.5 Å². The van der Waals surface area contributed by atoms with Crippen LogP contribution >= 0.6 is 0 Å². The van der Waals surface area contributed by atoms with E-state index in [0.717, 1.165) is 25.7 Å². The van der Waals surface area contributed by atoms with Gasteiger partial charge in [-0.3, -0.25) is 14.9 Å². The molecule has 33 heavy (non-hydrogen) atoms. The van der Waals surface area contributed by atoms with Gasteiger partial charge in [0.2, 0.25) is 0 Å². The fraction of sp³-hybridized carbons (Fsp3) is 0.400. The number of fused-ring (bicyclic) bond motifs is 2. The van der Waals surface area contributed by atoms with Gasteiger partial charge in [-0.15, -0.1) is 0 Å². The van der Waals surface area contributed by atoms with Gasteiger partial charge >= 0.3 is 6.03 Å². The Labute approximate surface area is 191 Å². The van der Waals surface area contributed by atoms with Crippen LogP contribution in [0, 0.1) is 11.7 Å². The van der Waals surface area contributed by atoms with Gasteiger partial charge in [0.25, 0.3) is 11.8 Å². The van der Waals surface area contributed by atoms with Crippen LogP contribution in [0.1, 0.15) is 36.8 Å². The summed E-state index contributed by atoms with van der Waals surface area (Å²) in [5.41, 5.74) is 0.0413. The molecule has 0 unspecified atom stereocenters. The number of halogens is 1. The number of nitrogens with zero attached hydrogens (tertiary/aromatic N) is 1. The van der Waals surface area contributed by atoms with E-state index in [1.54, 1.807) is 4.90 Å². The van der Waals surface area contributed by atoms with Crippen LogP contribution in [0.15, 0.2) is 48.5 Å². The van der Waals surface area contributed by atoms with Gasteiger partial charge in [0.05, 0.1) is 0 Å². The monoisotopic (exact) mass is 451 g/mol. The quantitative estimate of drug-likeness (QED) is 0.700. The summed E-state index contributed by atoms with van der Waals surface area (Å²) < 4.78 is 19.8. The molecule has 172 valence electrons. The number of nitrogens with one attached hydrogen (secondary N) is 2. The van der Waals surface area contributed by atoms with Crippen LogP contribution < -0.4 is 15.4 Å². The molecule has 2 aromatic rings. The Morgan fingerprint density at radius 3 is 2.58 bits per heavy atom. The van der Waals surface area contributed by atoms with Gasteiger partial charge in [-0.25, -0.2) is 9.18 Å². The van der Waals surface area contributed by atoms with Crippen molar-refractivity contribution in [3.63, 3.8) is 0 Å². The summed E-state index contributed by atoms with van der Waals surface area (Å²) in [6.07, 6.45) is 2.92. The topological polar surface area (TPSA) is 87.7 Å². The highest BCUT2D eigenvalue weighted by Gasteiger charge is 2.55. The second kappa shape index (κ2) is 8.50. The van der Waals surface area contributed by atoms with E-state index >= 15 is 0 Å². The van der Waals surface area contributed by atoms with Gasteiger partial charge in [0.1, 0.15) is 11.6 Å². The zero-order chi connectivity index (χ0) is 23.0. The summed E-state index contributed by atoms with van der Waals surface area (Å²) in [4.78, 5) is 39.7. The highest BCUT2D eigenvalue weighted by molar-refractivity contribution is 6.08. The van der Waals surface area contributed by atoms with Gasteiger partial charge in [-0.1, -0.05) is 30.3 Å². The maximum Gasteiger partial charge on any atom is 0.322 e. The summed E-state index contributed by atoms with van der Waals surface area (Å²) in [5, 5.41) is 4.83. The number of carbonyl (C=O) groups excluding carboxylic acids is 3. The molecule has 0 aromatic heterocycles. The van der Waals surface area contributed by atoms with Crippen LogP contribution in [0.5, 0.6) is 5.75 Å². The van der Waals surface area contributed by atoms with Crippen molar-refractivity contribution in [1.82, 2.24) is 15.5 Å². The molecule has 5 rings (SSSR count). The van der Waals surface area contributed by atoms with Crippen molar-refractivity contribution < 1.29 is 23.5 Å². The minimum Gasteiger partial charge on any atom is -0.480 e. The van der Waals surface area contributed by atoms with E-state index < -0.39 is 29.4 Å². The minimum absolute atomic E-state index is 0.0756. The molecule has 2 saturated heterocycles. The Bertz CT molecular complexity index is 1080. The van der Waals surface area contributed by atoms with Crippen LogP contribution in [0.25, 0.3) is 0 Å². The molecule has 2 aromatic carbocycles. The van der Waals surface area contributed by atoms with E-state index in [9.17, 15) is 18.8 Å². The average Bonchev–Trinajstić information content (AvgIpc) is 3.11. The van der Waals surface area contributed by atoms with Crippen molar-refractivity contribution in [2.45, 2.75) is 43.7 Å². The van der Waals surface area contributed by atoms with Crippen molar-refractivity contribution >= 4 is 17.8 Å². The van der Waals surface area contributed by atoms with Crippen molar-refractivity contribution in [2.24, 2.45) is 5.92 Å². The molecule has 7 nitrogen and oxygen atoms in total. The third kappa shape index (κ3) is 4.05. The van der Waals surface area contributed by atoms with Gasteiger partial charge in [-0.05, 0) is 55.4 Å². The molecule has 2 N–H and O–H groups in total. The zero-order valence-corrected chi connectivity index (χ0v) is 18.2. The van der Waals surface area contributed by atoms with Gasteiger partial charge in [0.15, 0.2) is 11.6 Å². The highest BCUT2D eigenvalue weighted by atomic mass is 19.1. The molecule has 3 aliphatic heterocycles. The number of aryl methyl sites for hydroxylation is 1. The number of piperidine rings is 1. The predicted octanol–water partition coefficient (Wildman–Crippen LogP) is 2.88. The Morgan fingerprint density at radius 2 is 1.88 bits per heavy atom. The third-order valence-electron chi connectivity index (χ3n) is 6.99. The maximum absolute atomic E-state index is 13.9. The second-order valence-corrected chi connectivity index (χ2v) is 9.06. The van der Waals surface area contributed by atoms with Gasteiger partial charge < -0.3 is 15.0 Å². The normalized spacial score (nSPS) is 24.8. The Kier molecular flexibility index (Phi) is 5.52. The largest absolute Gasteiger partial charge is 0.480 e. The van der Waals surface area contributed by atoms with Crippen molar-refractivity contribution in [2.75, 3.05) is 13.1 Å². The minimum atomic E-state index is -1.51. The number of carbonyl (C=O) groups is 3. The molecule has 3 heterocycles. The van der Waals surface area contributed by atoms with E-state index in [-0.39, 0.29) is 23.6 Å². The average molecular weight is 451 g/mol. The zero-order valence-electron chi connectivity index (χ0n) is 18.2. The Balaban J connectivity index is 1.26. The number of rotatable bonds is 4. The molecule has 2 atom stereocenters. The number of imide groups is 1. The number of urea groups is 1. The summed E-state index contributed by atoms with van der Waals surface area (Å²) in [5.74, 6) is -0.569. The Morgan fingerprint density at radius 1 is 1.12 bits per heavy atom. The fourth-order valence-electron chi connectivity index (χ4n) is 5.15. The molecule has 2 fully saturated rings. The van der Waals surface area contributed by atoms with Gasteiger partial charge in [0, 0.05) is 25.1 Å². The molecule has 8 heteroatoms. The Hall–Kier alpha value is -3.42. The van der Waals surface area contributed by atoms with Crippen molar-refractivity contribution in [1.29, 1.82) is 0 Å². The van der Waals surface area contributed by atoms with Crippen LogP contribution in [0.3, 0.4) is 0 Å². The van der Waals surface area contributed by atoms with E-state index in [1.807, 2.05) is 18.2 Å². The molecule has 1 spiro atoms. The standard InChI is InChI=1S/C25H26FN3O4/c26-18-8-9-20-19(14-18)25(23(31)27-24(32)28-25)15-21(33-20)22(30)29-12-10-17(11-13-29)7-6-16-4-2-1-3-5-16/h1-5,8-9,14,17,21H,6-7,10-13,15H2,(H2,27,28,31,32)/t21-,25-/m0/s1. The third-order valence-corrected chi connectivity index (χ3v) is 6.99. The number of hydrogen-bond acceptors (Lipinski definition) is 4. The smallest absolute Gasteiger partial charge is 0.322 e. The molecule has 0 bridgehead atoms. The van der Waals surface area contributed by atoms with E-state index in [4.69, 9.17) is 4.74 Å². The van der Waals surface area contributed by atoms with Crippen molar-refractivity contribution in [3.8, 4) is 5.75 Å². The molecular weight excluding hydrogens is 425 g/mol. The number of hydrogen-bond donors (Lipinski definition) is 2. The molecule has 0 aliphatic carbocycles. The summed E-state index contributed by atoms with van der Waals surface area (Å²) in [6, 6.07) is 13.5. The second-order valence-electron chi connectivity index (χ2n) is 9.06. The first-order chi connectivity index (χ1) is 15.9. The first-order valence-corrected chi connectivity index (χ1v) is 11.4. The summed E-state index contributed by atoms with van der Waals surface area (Å²) >= 11 is 0. The lowest BCUT2D eigenvalue weighted by molar-refractivity contribution is -0.143. The van der Waals surface area contributed by atoms with Crippen LogP contribution in [-0.2, 0) is 21.5 Å². The van der Waals surface area contributed by atoms with E-state index in [2.05, 4.69) is 22.8 Å². The van der Waals surface area contributed by atoms with Crippen LogP contribution in [0.4, 0.5) is 9.18 Å². The molecule has 3 aliphatic rings. The van der Waals surface area contributed by atoms with Gasteiger partial charge in [-0.2, -0.15) is 0 Å². The first kappa shape index (κ1) is 21.4. The molecule has 4 amide bonds. The molecule has 0 saturated carbocycles. The number of likely N-dealkylation sites (tertiary alicyclic amines) is 1. The van der Waals surface area contributed by atoms with E-state index in [1.165, 1.54) is 23.8 Å². The lowest BCUT2D eigenvalue weighted by Gasteiger charge is -2.40. The summed E-state index contributed by atoms with van der Waals surface area (Å²) in [7, 11) is 0.